The maximum atomic E-state index is 10.3. The lowest BCUT2D eigenvalue weighted by atomic mass is 10.0. The summed E-state index contributed by atoms with van der Waals surface area (Å²) >= 11 is 0. The second-order valence-electron chi connectivity index (χ2n) is 5.91. The van der Waals surface area contributed by atoms with Crippen molar-refractivity contribution in [2.75, 3.05) is 0 Å². The fourth-order valence-corrected chi connectivity index (χ4v) is 2.53. The van der Waals surface area contributed by atoms with Crippen LogP contribution in [0.4, 0.5) is 0 Å². The fourth-order valence-electron chi connectivity index (χ4n) is 2.53. The van der Waals surface area contributed by atoms with Gasteiger partial charge in [0.15, 0.2) is 0 Å². The highest BCUT2D eigenvalue weighted by Gasteiger charge is 2.19. The molecule has 0 aromatic heterocycles. The summed E-state index contributed by atoms with van der Waals surface area (Å²) in [5.41, 5.74) is 0. The SMILES string of the molecule is O=C(O)CCCCCCCCCCCCC1CC1. The van der Waals surface area contributed by atoms with Crippen molar-refractivity contribution in [3.63, 3.8) is 0 Å². The Kier molecular flexibility index (Phi) is 8.97. The van der Waals surface area contributed by atoms with Crippen molar-refractivity contribution in [2.24, 2.45) is 5.92 Å². The van der Waals surface area contributed by atoms with E-state index < -0.39 is 5.97 Å². The zero-order chi connectivity index (χ0) is 13.1. The van der Waals surface area contributed by atoms with Gasteiger partial charge in [0, 0.05) is 6.42 Å². The minimum Gasteiger partial charge on any atom is -0.481 e. The van der Waals surface area contributed by atoms with Crippen molar-refractivity contribution < 1.29 is 9.90 Å². The molecule has 1 saturated carbocycles. The first kappa shape index (κ1) is 15.5. The molecule has 1 N–H and O–H groups in total. The number of rotatable bonds is 13. The zero-order valence-electron chi connectivity index (χ0n) is 11.8. The highest BCUT2D eigenvalue weighted by molar-refractivity contribution is 5.66. The first-order chi connectivity index (χ1) is 8.79. The smallest absolute Gasteiger partial charge is 0.303 e. The molecule has 2 heteroatoms. The van der Waals surface area contributed by atoms with Crippen LogP contribution in [0.2, 0.25) is 0 Å². The molecule has 0 bridgehead atoms. The van der Waals surface area contributed by atoms with Crippen molar-refractivity contribution >= 4 is 5.97 Å². The molecule has 0 unspecified atom stereocenters. The summed E-state index contributed by atoms with van der Waals surface area (Å²) in [4.78, 5) is 10.3. The predicted octanol–water partition coefficient (Wildman–Crippen LogP) is 5.16. The number of aliphatic carboxylic acids is 1. The summed E-state index contributed by atoms with van der Waals surface area (Å²) < 4.78 is 0. The average Bonchev–Trinajstić information content (AvgIpc) is 3.14. The number of carboxylic acid groups (broad SMARTS) is 1. The molecule has 0 aromatic rings. The van der Waals surface area contributed by atoms with Crippen molar-refractivity contribution in [2.45, 2.75) is 89.9 Å². The van der Waals surface area contributed by atoms with E-state index in [1.807, 2.05) is 0 Å². The minimum atomic E-state index is -0.652. The monoisotopic (exact) mass is 254 g/mol. The van der Waals surface area contributed by atoms with E-state index in [1.54, 1.807) is 0 Å². The van der Waals surface area contributed by atoms with Gasteiger partial charge in [-0.3, -0.25) is 4.79 Å². The van der Waals surface area contributed by atoms with Gasteiger partial charge >= 0.3 is 5.97 Å². The van der Waals surface area contributed by atoms with Gasteiger partial charge in [-0.1, -0.05) is 77.0 Å². The van der Waals surface area contributed by atoms with E-state index >= 15 is 0 Å². The Morgan fingerprint density at radius 2 is 1.22 bits per heavy atom. The number of hydrogen-bond donors (Lipinski definition) is 1. The number of carbonyl (C=O) groups is 1. The molecule has 0 aliphatic heterocycles. The van der Waals surface area contributed by atoms with Gasteiger partial charge in [0.05, 0.1) is 0 Å². The van der Waals surface area contributed by atoms with Crippen LogP contribution < -0.4 is 0 Å². The highest BCUT2D eigenvalue weighted by atomic mass is 16.4. The molecule has 2 nitrogen and oxygen atoms in total. The summed E-state index contributed by atoms with van der Waals surface area (Å²) in [5.74, 6) is 0.456. The van der Waals surface area contributed by atoms with Gasteiger partial charge in [0.2, 0.25) is 0 Å². The van der Waals surface area contributed by atoms with Gasteiger partial charge in [0.25, 0.3) is 0 Å². The molecule has 0 spiro atoms. The van der Waals surface area contributed by atoms with Crippen LogP contribution in [0.5, 0.6) is 0 Å². The quantitative estimate of drug-likeness (QED) is 0.461. The van der Waals surface area contributed by atoms with Gasteiger partial charge < -0.3 is 5.11 Å². The van der Waals surface area contributed by atoms with Crippen molar-refractivity contribution in [3.8, 4) is 0 Å². The van der Waals surface area contributed by atoms with Crippen LogP contribution in [-0.2, 0) is 4.79 Å². The third-order valence-electron chi connectivity index (χ3n) is 3.95. The summed E-state index contributed by atoms with van der Waals surface area (Å²) in [6.45, 7) is 0. The van der Waals surface area contributed by atoms with Crippen LogP contribution in [0.15, 0.2) is 0 Å². The molecule has 1 rings (SSSR count). The molecular formula is C16H30O2. The Bertz CT molecular complexity index is 209. The van der Waals surface area contributed by atoms with E-state index in [9.17, 15) is 4.79 Å². The Balaban J connectivity index is 1.64. The minimum absolute atomic E-state index is 0.348. The Hall–Kier alpha value is -0.530. The molecule has 18 heavy (non-hydrogen) atoms. The summed E-state index contributed by atoms with van der Waals surface area (Å²) in [5, 5.41) is 8.50. The lowest BCUT2D eigenvalue weighted by Gasteiger charge is -2.02. The number of hydrogen-bond acceptors (Lipinski definition) is 1. The van der Waals surface area contributed by atoms with Gasteiger partial charge in [-0.05, 0) is 12.3 Å². The van der Waals surface area contributed by atoms with Crippen LogP contribution in [0.25, 0.3) is 0 Å². The van der Waals surface area contributed by atoms with Crippen LogP contribution in [0.3, 0.4) is 0 Å². The molecule has 1 aliphatic carbocycles. The first-order valence-electron chi connectivity index (χ1n) is 8.01. The number of unbranched alkanes of at least 4 members (excludes halogenated alkanes) is 9. The molecule has 1 fully saturated rings. The third kappa shape index (κ3) is 10.6. The molecule has 0 atom stereocenters. The highest BCUT2D eigenvalue weighted by Crippen LogP contribution is 2.34. The molecule has 0 amide bonds. The van der Waals surface area contributed by atoms with Gasteiger partial charge in [-0.15, -0.1) is 0 Å². The molecule has 0 saturated heterocycles. The van der Waals surface area contributed by atoms with E-state index in [0.29, 0.717) is 6.42 Å². The zero-order valence-corrected chi connectivity index (χ0v) is 11.8. The largest absolute Gasteiger partial charge is 0.481 e. The van der Waals surface area contributed by atoms with Crippen molar-refractivity contribution in [1.82, 2.24) is 0 Å². The third-order valence-corrected chi connectivity index (χ3v) is 3.95. The fraction of sp³-hybridized carbons (Fsp3) is 0.938. The van der Waals surface area contributed by atoms with E-state index in [-0.39, 0.29) is 0 Å². The maximum absolute atomic E-state index is 10.3. The van der Waals surface area contributed by atoms with E-state index in [0.717, 1.165) is 18.8 Å². The molecule has 0 heterocycles. The topological polar surface area (TPSA) is 37.3 Å². The second kappa shape index (κ2) is 10.4. The van der Waals surface area contributed by atoms with Gasteiger partial charge in [0.1, 0.15) is 0 Å². The molecular weight excluding hydrogens is 224 g/mol. The lowest BCUT2D eigenvalue weighted by molar-refractivity contribution is -0.137. The normalized spacial score (nSPS) is 14.9. The summed E-state index contributed by atoms with van der Waals surface area (Å²) in [7, 11) is 0. The van der Waals surface area contributed by atoms with Crippen molar-refractivity contribution in [3.05, 3.63) is 0 Å². The summed E-state index contributed by atoms with van der Waals surface area (Å²) in [6, 6.07) is 0. The van der Waals surface area contributed by atoms with E-state index in [4.69, 9.17) is 5.11 Å². The Morgan fingerprint density at radius 1 is 0.778 bits per heavy atom. The molecule has 106 valence electrons. The lowest BCUT2D eigenvalue weighted by Crippen LogP contribution is -1.93. The molecule has 1 aliphatic rings. The molecule has 0 aromatic carbocycles. The Labute approximate surface area is 112 Å². The average molecular weight is 254 g/mol. The van der Waals surface area contributed by atoms with E-state index in [1.165, 1.54) is 70.6 Å². The predicted molar refractivity (Wildman–Crippen MR) is 75.8 cm³/mol. The van der Waals surface area contributed by atoms with Crippen molar-refractivity contribution in [1.29, 1.82) is 0 Å². The van der Waals surface area contributed by atoms with E-state index in [2.05, 4.69) is 0 Å². The molecule has 0 radical (unpaired) electrons. The maximum Gasteiger partial charge on any atom is 0.303 e. The van der Waals surface area contributed by atoms with Crippen LogP contribution in [0, 0.1) is 5.92 Å². The Morgan fingerprint density at radius 3 is 1.67 bits per heavy atom. The standard InChI is InChI=1S/C16H30O2/c17-16(18)12-10-8-6-4-2-1-3-5-7-9-11-15-13-14-15/h15H,1-14H2,(H,17,18). The van der Waals surface area contributed by atoms with Crippen LogP contribution in [-0.4, -0.2) is 11.1 Å². The van der Waals surface area contributed by atoms with Gasteiger partial charge in [-0.2, -0.15) is 0 Å². The first-order valence-corrected chi connectivity index (χ1v) is 8.01. The van der Waals surface area contributed by atoms with Gasteiger partial charge in [-0.25, -0.2) is 0 Å². The summed E-state index contributed by atoms with van der Waals surface area (Å²) in [6.07, 6.45) is 17.7. The van der Waals surface area contributed by atoms with Crippen LogP contribution >= 0.6 is 0 Å². The van der Waals surface area contributed by atoms with Crippen LogP contribution in [0.1, 0.15) is 89.9 Å². The second-order valence-corrected chi connectivity index (χ2v) is 5.91. The number of carboxylic acids is 1.